The number of rotatable bonds is 3. The van der Waals surface area contributed by atoms with Crippen LogP contribution < -0.4 is 5.32 Å². The van der Waals surface area contributed by atoms with Gasteiger partial charge in [-0.15, -0.1) is 5.10 Å². The summed E-state index contributed by atoms with van der Waals surface area (Å²) in [4.78, 5) is 11.9. The molecule has 0 atom stereocenters. The maximum absolute atomic E-state index is 11.9. The van der Waals surface area contributed by atoms with Crippen molar-refractivity contribution in [3.63, 3.8) is 0 Å². The molecule has 1 amide bonds. The van der Waals surface area contributed by atoms with Gasteiger partial charge in [0.05, 0.1) is 10.6 Å². The van der Waals surface area contributed by atoms with Crippen LogP contribution in [-0.4, -0.2) is 16.1 Å². The molecule has 112 valence electrons. The monoisotopic (exact) mass is 401 g/mol. The summed E-state index contributed by atoms with van der Waals surface area (Å²) in [5.74, 6) is -0.239. The Labute approximate surface area is 142 Å². The van der Waals surface area contributed by atoms with Crippen LogP contribution in [0, 0.1) is 0 Å². The van der Waals surface area contributed by atoms with E-state index in [1.165, 1.54) is 6.07 Å². The summed E-state index contributed by atoms with van der Waals surface area (Å²) < 4.78 is 10.9. The van der Waals surface area contributed by atoms with Crippen molar-refractivity contribution in [2.45, 2.75) is 0 Å². The Balaban J connectivity index is 1.80. The molecule has 9 heteroatoms. The van der Waals surface area contributed by atoms with Crippen molar-refractivity contribution < 1.29 is 13.6 Å². The predicted molar refractivity (Wildman–Crippen MR) is 84.1 cm³/mol. The summed E-state index contributed by atoms with van der Waals surface area (Å²) >= 11 is 15.0. The van der Waals surface area contributed by atoms with Crippen LogP contribution in [0.25, 0.3) is 11.5 Å². The summed E-state index contributed by atoms with van der Waals surface area (Å²) in [6, 6.07) is 7.88. The average molecular weight is 403 g/mol. The minimum Gasteiger partial charge on any atom is -0.444 e. The lowest BCUT2D eigenvalue weighted by Crippen LogP contribution is -2.10. The number of benzene rings is 1. The lowest BCUT2D eigenvalue weighted by atomic mass is 10.2. The highest BCUT2D eigenvalue weighted by Crippen LogP contribution is 2.30. The standard InChI is InChI=1S/C13H6BrCl2N3O3/c14-10-4-3-9(21-10)11(20)17-13-19-18-12(22-13)7-2-1-6(15)5-8(7)16/h1-5H,(H,17,19,20). The molecule has 0 fully saturated rings. The van der Waals surface area contributed by atoms with Crippen molar-refractivity contribution in [1.82, 2.24) is 10.2 Å². The molecule has 0 saturated heterocycles. The van der Waals surface area contributed by atoms with E-state index in [1.54, 1.807) is 24.3 Å². The Hall–Kier alpha value is -1.83. The van der Waals surface area contributed by atoms with Gasteiger partial charge in [-0.25, -0.2) is 0 Å². The molecule has 0 saturated carbocycles. The number of nitrogens with zero attached hydrogens (tertiary/aromatic N) is 2. The topological polar surface area (TPSA) is 81.2 Å². The van der Waals surface area contributed by atoms with Gasteiger partial charge >= 0.3 is 6.01 Å². The fourth-order valence-electron chi connectivity index (χ4n) is 1.64. The van der Waals surface area contributed by atoms with Crippen LogP contribution in [0.1, 0.15) is 10.6 Å². The fraction of sp³-hybridized carbons (Fsp3) is 0. The van der Waals surface area contributed by atoms with Gasteiger partial charge in [-0.2, -0.15) is 0 Å². The van der Waals surface area contributed by atoms with E-state index >= 15 is 0 Å². The molecule has 0 aliphatic rings. The van der Waals surface area contributed by atoms with Gasteiger partial charge in [0.25, 0.3) is 11.8 Å². The lowest BCUT2D eigenvalue weighted by molar-refractivity contribution is 0.0992. The van der Waals surface area contributed by atoms with Gasteiger partial charge in [0.1, 0.15) is 0 Å². The van der Waals surface area contributed by atoms with E-state index in [9.17, 15) is 4.79 Å². The highest BCUT2D eigenvalue weighted by Gasteiger charge is 2.16. The third-order valence-corrected chi connectivity index (χ3v) is 3.58. The van der Waals surface area contributed by atoms with E-state index in [2.05, 4.69) is 31.4 Å². The van der Waals surface area contributed by atoms with Crippen LogP contribution in [0.3, 0.4) is 0 Å². The molecular formula is C13H6BrCl2N3O3. The maximum atomic E-state index is 11.9. The van der Waals surface area contributed by atoms with E-state index in [0.29, 0.717) is 20.3 Å². The lowest BCUT2D eigenvalue weighted by Gasteiger charge is -1.99. The summed E-state index contributed by atoms with van der Waals surface area (Å²) in [5, 5.41) is 10.9. The number of carbonyl (C=O) groups is 1. The molecule has 2 aromatic heterocycles. The third kappa shape index (κ3) is 3.16. The smallest absolute Gasteiger partial charge is 0.322 e. The van der Waals surface area contributed by atoms with Crippen LogP contribution in [0.2, 0.25) is 10.0 Å². The molecule has 0 aliphatic heterocycles. The first-order valence-electron chi connectivity index (χ1n) is 5.88. The number of amides is 1. The third-order valence-electron chi connectivity index (χ3n) is 2.60. The van der Waals surface area contributed by atoms with E-state index in [0.717, 1.165) is 0 Å². The van der Waals surface area contributed by atoms with Crippen molar-refractivity contribution in [3.05, 3.63) is 50.8 Å². The molecule has 22 heavy (non-hydrogen) atoms. The Morgan fingerprint density at radius 3 is 2.64 bits per heavy atom. The average Bonchev–Trinajstić information content (AvgIpc) is 3.08. The highest BCUT2D eigenvalue weighted by atomic mass is 79.9. The second kappa shape index (κ2) is 6.12. The van der Waals surface area contributed by atoms with Crippen molar-refractivity contribution in [2.24, 2.45) is 0 Å². The normalized spacial score (nSPS) is 10.7. The van der Waals surface area contributed by atoms with Gasteiger partial charge in [-0.05, 0) is 46.3 Å². The SMILES string of the molecule is O=C(Nc1nnc(-c2ccc(Cl)cc2Cl)o1)c1ccc(Br)o1. The predicted octanol–water partition coefficient (Wildman–Crippen LogP) is 4.65. The summed E-state index contributed by atoms with van der Waals surface area (Å²) in [6.07, 6.45) is 0. The first kappa shape index (κ1) is 15.1. The number of hydrogen-bond donors (Lipinski definition) is 1. The Bertz CT molecular complexity index is 847. The Morgan fingerprint density at radius 2 is 1.95 bits per heavy atom. The van der Waals surface area contributed by atoms with Crippen molar-refractivity contribution in [1.29, 1.82) is 0 Å². The van der Waals surface area contributed by atoms with Crippen LogP contribution in [-0.2, 0) is 0 Å². The molecule has 0 radical (unpaired) electrons. The zero-order chi connectivity index (χ0) is 15.7. The summed E-state index contributed by atoms with van der Waals surface area (Å²) in [6.45, 7) is 0. The summed E-state index contributed by atoms with van der Waals surface area (Å²) in [5.41, 5.74) is 0.514. The van der Waals surface area contributed by atoms with Gasteiger partial charge in [-0.1, -0.05) is 28.3 Å². The number of anilines is 1. The number of aromatic nitrogens is 2. The van der Waals surface area contributed by atoms with Gasteiger partial charge in [0.2, 0.25) is 0 Å². The maximum Gasteiger partial charge on any atom is 0.322 e. The first-order chi connectivity index (χ1) is 10.5. The van der Waals surface area contributed by atoms with Crippen LogP contribution in [0.15, 0.2) is 43.8 Å². The molecule has 6 nitrogen and oxygen atoms in total. The molecule has 0 unspecified atom stereocenters. The zero-order valence-corrected chi connectivity index (χ0v) is 13.7. The number of nitrogens with one attached hydrogen (secondary N) is 1. The van der Waals surface area contributed by atoms with Gasteiger partial charge in [0.15, 0.2) is 10.4 Å². The largest absolute Gasteiger partial charge is 0.444 e. The van der Waals surface area contributed by atoms with Crippen molar-refractivity contribution in [3.8, 4) is 11.5 Å². The quantitative estimate of drug-likeness (QED) is 0.689. The molecule has 3 aromatic rings. The number of halogens is 3. The summed E-state index contributed by atoms with van der Waals surface area (Å²) in [7, 11) is 0. The molecule has 0 bridgehead atoms. The van der Waals surface area contributed by atoms with Gasteiger partial charge in [-0.3, -0.25) is 10.1 Å². The Kier molecular flexibility index (Phi) is 4.19. The van der Waals surface area contributed by atoms with Crippen LogP contribution >= 0.6 is 39.1 Å². The molecule has 1 N–H and O–H groups in total. The number of carbonyl (C=O) groups excluding carboxylic acids is 1. The van der Waals surface area contributed by atoms with Crippen molar-refractivity contribution in [2.75, 3.05) is 5.32 Å². The second-order valence-electron chi connectivity index (χ2n) is 4.09. The molecule has 2 heterocycles. The van der Waals surface area contributed by atoms with Crippen molar-refractivity contribution >= 4 is 51.1 Å². The van der Waals surface area contributed by atoms with Crippen LogP contribution in [0.4, 0.5) is 6.01 Å². The van der Waals surface area contributed by atoms with E-state index in [4.69, 9.17) is 32.0 Å². The molecular weight excluding hydrogens is 397 g/mol. The molecule has 0 aliphatic carbocycles. The first-order valence-corrected chi connectivity index (χ1v) is 7.43. The number of furan rings is 1. The number of hydrogen-bond acceptors (Lipinski definition) is 5. The molecule has 0 spiro atoms. The van der Waals surface area contributed by atoms with E-state index in [-0.39, 0.29) is 17.7 Å². The second-order valence-corrected chi connectivity index (χ2v) is 5.72. The van der Waals surface area contributed by atoms with E-state index in [1.807, 2.05) is 0 Å². The van der Waals surface area contributed by atoms with Gasteiger partial charge in [0, 0.05) is 5.02 Å². The Morgan fingerprint density at radius 1 is 1.14 bits per heavy atom. The minimum absolute atomic E-state index is 0.0708. The van der Waals surface area contributed by atoms with E-state index < -0.39 is 5.91 Å². The minimum atomic E-state index is -0.511. The van der Waals surface area contributed by atoms with Crippen LogP contribution in [0.5, 0.6) is 0 Å². The molecule has 1 aromatic carbocycles. The highest BCUT2D eigenvalue weighted by molar-refractivity contribution is 9.10. The fourth-order valence-corrected chi connectivity index (χ4v) is 2.44. The zero-order valence-electron chi connectivity index (χ0n) is 10.6. The molecule has 3 rings (SSSR count). The van der Waals surface area contributed by atoms with Gasteiger partial charge < -0.3 is 8.83 Å².